The zero-order valence-electron chi connectivity index (χ0n) is 14.7. The second kappa shape index (κ2) is 9.93. The minimum atomic E-state index is -0.285. The molecule has 1 amide bonds. The van der Waals surface area contributed by atoms with E-state index in [0.717, 1.165) is 44.4 Å². The first kappa shape index (κ1) is 19.1. The minimum Gasteiger partial charge on any atom is -0.361 e. The van der Waals surface area contributed by atoms with Gasteiger partial charge in [0.25, 0.3) is 0 Å². The highest BCUT2D eigenvalue weighted by Crippen LogP contribution is 2.20. The lowest BCUT2D eigenvalue weighted by atomic mass is 10.1. The van der Waals surface area contributed by atoms with Gasteiger partial charge in [-0.2, -0.15) is 0 Å². The van der Waals surface area contributed by atoms with Crippen LogP contribution in [0.25, 0.3) is 11.3 Å². The first-order valence-electron chi connectivity index (χ1n) is 8.75. The third-order valence-corrected chi connectivity index (χ3v) is 4.12. The van der Waals surface area contributed by atoms with Crippen molar-refractivity contribution < 1.29 is 13.7 Å². The van der Waals surface area contributed by atoms with Crippen LogP contribution in [-0.4, -0.2) is 36.1 Å². The number of aryl methyl sites for hydroxylation is 1. The quantitative estimate of drug-likeness (QED) is 0.669. The Bertz CT molecular complexity index is 672. The Morgan fingerprint density at radius 2 is 2.08 bits per heavy atom. The molecule has 0 unspecified atom stereocenters. The second-order valence-electron chi connectivity index (χ2n) is 6.21. The van der Waals surface area contributed by atoms with Gasteiger partial charge in [-0.25, -0.2) is 4.39 Å². The first-order valence-corrected chi connectivity index (χ1v) is 8.75. The van der Waals surface area contributed by atoms with Crippen molar-refractivity contribution in [2.24, 2.45) is 5.73 Å². The molecule has 0 aliphatic heterocycles. The van der Waals surface area contributed by atoms with E-state index in [-0.39, 0.29) is 11.7 Å². The molecule has 0 bridgehead atoms. The zero-order valence-corrected chi connectivity index (χ0v) is 14.7. The van der Waals surface area contributed by atoms with Crippen LogP contribution in [-0.2, 0) is 11.2 Å². The topological polar surface area (TPSA) is 72.4 Å². The third kappa shape index (κ3) is 6.31. The van der Waals surface area contributed by atoms with Crippen molar-refractivity contribution in [2.75, 3.05) is 20.1 Å². The fourth-order valence-corrected chi connectivity index (χ4v) is 2.61. The van der Waals surface area contributed by atoms with E-state index in [1.807, 2.05) is 19.2 Å². The van der Waals surface area contributed by atoms with Gasteiger partial charge in [0.2, 0.25) is 5.91 Å². The number of rotatable bonds is 10. The van der Waals surface area contributed by atoms with Gasteiger partial charge in [0.05, 0.1) is 0 Å². The van der Waals surface area contributed by atoms with Gasteiger partial charge in [0.15, 0.2) is 0 Å². The molecule has 0 saturated carbocycles. The van der Waals surface area contributed by atoms with Crippen LogP contribution in [0.15, 0.2) is 34.9 Å². The Morgan fingerprint density at radius 1 is 1.24 bits per heavy atom. The van der Waals surface area contributed by atoms with Gasteiger partial charge in [0.1, 0.15) is 17.3 Å². The molecule has 0 radical (unpaired) electrons. The number of halogens is 1. The largest absolute Gasteiger partial charge is 0.361 e. The molecule has 136 valence electrons. The van der Waals surface area contributed by atoms with Crippen LogP contribution in [0.2, 0.25) is 0 Å². The molecule has 0 atom stereocenters. The predicted molar refractivity (Wildman–Crippen MR) is 95.4 cm³/mol. The van der Waals surface area contributed by atoms with E-state index >= 15 is 0 Å². The molecule has 6 heteroatoms. The maximum absolute atomic E-state index is 13.2. The van der Waals surface area contributed by atoms with Crippen molar-refractivity contribution in [3.63, 3.8) is 0 Å². The molecule has 0 saturated heterocycles. The van der Waals surface area contributed by atoms with E-state index in [0.29, 0.717) is 24.2 Å². The Labute approximate surface area is 148 Å². The molecule has 5 nitrogen and oxygen atoms in total. The van der Waals surface area contributed by atoms with Gasteiger partial charge >= 0.3 is 0 Å². The Hall–Kier alpha value is -2.21. The molecule has 1 heterocycles. The monoisotopic (exact) mass is 347 g/mol. The van der Waals surface area contributed by atoms with Gasteiger partial charge in [-0.05, 0) is 37.9 Å². The van der Waals surface area contributed by atoms with Crippen LogP contribution in [0.3, 0.4) is 0 Å². The third-order valence-electron chi connectivity index (χ3n) is 4.12. The van der Waals surface area contributed by atoms with Crippen molar-refractivity contribution in [1.29, 1.82) is 0 Å². The normalized spacial score (nSPS) is 10.8. The predicted octanol–water partition coefficient (Wildman–Crippen LogP) is 3.39. The van der Waals surface area contributed by atoms with Crippen molar-refractivity contribution in [2.45, 2.75) is 38.5 Å². The number of nitrogens with two attached hydrogens (primary N) is 1. The lowest BCUT2D eigenvalue weighted by molar-refractivity contribution is -0.130. The number of carbonyl (C=O) groups excluding carboxylic acids is 1. The lowest BCUT2D eigenvalue weighted by Crippen LogP contribution is -2.28. The number of amides is 1. The van der Waals surface area contributed by atoms with Crippen molar-refractivity contribution in [3.05, 3.63) is 41.9 Å². The highest BCUT2D eigenvalue weighted by atomic mass is 19.1. The number of unbranched alkanes of at least 4 members (excludes halogenated alkanes) is 2. The summed E-state index contributed by atoms with van der Waals surface area (Å²) in [6.07, 6.45) is 4.96. The molecular formula is C19H26FN3O2. The van der Waals surface area contributed by atoms with E-state index < -0.39 is 0 Å². The van der Waals surface area contributed by atoms with Crippen LogP contribution in [0, 0.1) is 5.82 Å². The summed E-state index contributed by atoms with van der Waals surface area (Å²) in [6, 6.07) is 8.17. The maximum Gasteiger partial charge on any atom is 0.222 e. The number of hydrogen-bond donors (Lipinski definition) is 1. The Balaban J connectivity index is 1.68. The Morgan fingerprint density at radius 3 is 2.84 bits per heavy atom. The van der Waals surface area contributed by atoms with Crippen LogP contribution < -0.4 is 5.73 Å². The Kier molecular flexibility index (Phi) is 7.60. The number of carbonyl (C=O) groups is 1. The fourth-order valence-electron chi connectivity index (χ4n) is 2.61. The van der Waals surface area contributed by atoms with E-state index in [9.17, 15) is 9.18 Å². The summed E-state index contributed by atoms with van der Waals surface area (Å²) in [4.78, 5) is 13.5. The summed E-state index contributed by atoms with van der Waals surface area (Å²) >= 11 is 0. The van der Waals surface area contributed by atoms with Crippen LogP contribution in [0.5, 0.6) is 0 Å². The summed E-state index contributed by atoms with van der Waals surface area (Å²) in [5.74, 6) is 0.666. The highest BCUT2D eigenvalue weighted by Gasteiger charge is 2.09. The summed E-state index contributed by atoms with van der Waals surface area (Å²) < 4.78 is 18.6. The van der Waals surface area contributed by atoms with E-state index in [1.54, 1.807) is 11.0 Å². The summed E-state index contributed by atoms with van der Waals surface area (Å²) in [6.45, 7) is 1.31. The zero-order chi connectivity index (χ0) is 18.1. The van der Waals surface area contributed by atoms with E-state index in [2.05, 4.69) is 5.16 Å². The fraction of sp³-hybridized carbons (Fsp3) is 0.474. The SMILES string of the molecule is CN(CCCCCc1cc(-c2cccc(F)c2)no1)C(=O)CCCN. The minimum absolute atomic E-state index is 0.153. The number of hydrogen-bond acceptors (Lipinski definition) is 4. The average molecular weight is 347 g/mol. The number of benzene rings is 1. The number of aromatic nitrogens is 1. The van der Waals surface area contributed by atoms with Gasteiger partial charge in [-0.3, -0.25) is 4.79 Å². The summed E-state index contributed by atoms with van der Waals surface area (Å²) in [7, 11) is 1.83. The molecule has 0 aliphatic carbocycles. The molecule has 2 rings (SSSR count). The summed E-state index contributed by atoms with van der Waals surface area (Å²) in [5, 5.41) is 4.00. The van der Waals surface area contributed by atoms with Crippen LogP contribution in [0.4, 0.5) is 4.39 Å². The summed E-state index contributed by atoms with van der Waals surface area (Å²) in [5.41, 5.74) is 6.78. The number of nitrogens with zero attached hydrogens (tertiary/aromatic N) is 2. The molecule has 2 aromatic rings. The smallest absolute Gasteiger partial charge is 0.222 e. The molecule has 0 aliphatic rings. The molecule has 1 aromatic heterocycles. The second-order valence-corrected chi connectivity index (χ2v) is 6.21. The molecule has 2 N–H and O–H groups in total. The van der Waals surface area contributed by atoms with Gasteiger partial charge < -0.3 is 15.2 Å². The van der Waals surface area contributed by atoms with Crippen LogP contribution in [0.1, 0.15) is 37.9 Å². The van der Waals surface area contributed by atoms with Crippen LogP contribution >= 0.6 is 0 Å². The standard InChI is InChI=1S/C19H26FN3O2/c1-23(19(24)10-6-11-21)12-4-2-3-9-17-14-18(22-25-17)15-7-5-8-16(20)13-15/h5,7-8,13-14H,2-4,6,9-12,21H2,1H3. The van der Waals surface area contributed by atoms with E-state index in [4.69, 9.17) is 10.3 Å². The van der Waals surface area contributed by atoms with E-state index in [1.165, 1.54) is 12.1 Å². The van der Waals surface area contributed by atoms with Crippen molar-refractivity contribution in [3.8, 4) is 11.3 Å². The van der Waals surface area contributed by atoms with Crippen molar-refractivity contribution in [1.82, 2.24) is 10.1 Å². The average Bonchev–Trinajstić information content (AvgIpc) is 3.08. The van der Waals surface area contributed by atoms with Gasteiger partial charge in [-0.15, -0.1) is 0 Å². The molecule has 25 heavy (non-hydrogen) atoms. The van der Waals surface area contributed by atoms with Crippen molar-refractivity contribution >= 4 is 5.91 Å². The van der Waals surface area contributed by atoms with Gasteiger partial charge in [0, 0.05) is 38.1 Å². The highest BCUT2D eigenvalue weighted by molar-refractivity contribution is 5.75. The molecule has 1 aromatic carbocycles. The van der Waals surface area contributed by atoms with Gasteiger partial charge in [-0.1, -0.05) is 23.7 Å². The lowest BCUT2D eigenvalue weighted by Gasteiger charge is -2.16. The molecule has 0 fully saturated rings. The molecular weight excluding hydrogens is 321 g/mol. The maximum atomic E-state index is 13.2. The molecule has 0 spiro atoms. The first-order chi connectivity index (χ1) is 12.1.